The van der Waals surface area contributed by atoms with Gasteiger partial charge in [-0.15, -0.1) is 10.2 Å². The molecule has 1 aromatic heterocycles. The molecule has 6 heteroatoms. The summed E-state index contributed by atoms with van der Waals surface area (Å²) in [6.07, 6.45) is 0.693. The molecule has 0 fully saturated rings. The predicted octanol–water partition coefficient (Wildman–Crippen LogP) is 3.66. The van der Waals surface area contributed by atoms with Crippen molar-refractivity contribution in [1.82, 2.24) is 14.9 Å². The molecule has 1 N–H and O–H groups in total. The lowest BCUT2D eigenvalue weighted by Gasteiger charge is -2.19. The fourth-order valence-corrected chi connectivity index (χ4v) is 3.16. The summed E-state index contributed by atoms with van der Waals surface area (Å²) >= 11 is 1.50. The van der Waals surface area contributed by atoms with Gasteiger partial charge in [-0.25, -0.2) is 9.07 Å². The Morgan fingerprint density at radius 2 is 1.78 bits per heavy atom. The highest BCUT2D eigenvalue weighted by Crippen LogP contribution is 2.28. The summed E-state index contributed by atoms with van der Waals surface area (Å²) in [7, 11) is 0. The van der Waals surface area contributed by atoms with E-state index in [9.17, 15) is 4.39 Å². The van der Waals surface area contributed by atoms with Crippen LogP contribution in [0.15, 0.2) is 65.2 Å². The molecular weight excluding hydrogens is 311 g/mol. The molecule has 3 aromatic rings. The molecule has 0 spiro atoms. The van der Waals surface area contributed by atoms with Gasteiger partial charge in [-0.3, -0.25) is 5.43 Å². The van der Waals surface area contributed by atoms with Crippen LogP contribution in [0, 0.1) is 5.82 Å². The minimum absolute atomic E-state index is 0.243. The zero-order chi connectivity index (χ0) is 15.6. The van der Waals surface area contributed by atoms with Gasteiger partial charge in [0.25, 0.3) is 0 Å². The molecule has 1 aliphatic rings. The number of rotatable bonds is 3. The van der Waals surface area contributed by atoms with Gasteiger partial charge in [0.15, 0.2) is 5.82 Å². The molecule has 114 valence electrons. The highest BCUT2D eigenvalue weighted by molar-refractivity contribution is 8.02. The van der Waals surface area contributed by atoms with Crippen LogP contribution in [0.5, 0.6) is 0 Å². The van der Waals surface area contributed by atoms with Crippen molar-refractivity contribution >= 4 is 17.5 Å². The molecule has 0 bridgehead atoms. The van der Waals surface area contributed by atoms with E-state index in [1.807, 2.05) is 28.3 Å². The fraction of sp³-hybridized carbons (Fsp3) is 0.0588. The zero-order valence-electron chi connectivity index (χ0n) is 12.1. The Balaban J connectivity index is 1.61. The van der Waals surface area contributed by atoms with E-state index in [2.05, 4.69) is 27.8 Å². The Morgan fingerprint density at radius 3 is 2.57 bits per heavy atom. The summed E-state index contributed by atoms with van der Waals surface area (Å²) in [6, 6.07) is 16.5. The van der Waals surface area contributed by atoms with E-state index >= 15 is 0 Å². The van der Waals surface area contributed by atoms with Crippen LogP contribution >= 0.6 is 11.8 Å². The third-order valence-electron chi connectivity index (χ3n) is 3.58. The molecule has 2 heterocycles. The molecule has 1 aliphatic heterocycles. The lowest BCUT2D eigenvalue weighted by atomic mass is 10.1. The van der Waals surface area contributed by atoms with Crippen molar-refractivity contribution in [1.29, 1.82) is 0 Å². The second kappa shape index (κ2) is 5.89. The molecule has 4 nitrogen and oxygen atoms in total. The van der Waals surface area contributed by atoms with E-state index < -0.39 is 0 Å². The van der Waals surface area contributed by atoms with Crippen LogP contribution in [0.3, 0.4) is 0 Å². The van der Waals surface area contributed by atoms with Gasteiger partial charge < -0.3 is 0 Å². The van der Waals surface area contributed by atoms with Gasteiger partial charge in [0.05, 0.1) is 5.70 Å². The third-order valence-corrected chi connectivity index (χ3v) is 4.40. The monoisotopic (exact) mass is 324 g/mol. The number of hydrogen-bond acceptors (Lipinski definition) is 4. The molecule has 2 aromatic carbocycles. The van der Waals surface area contributed by atoms with Gasteiger partial charge >= 0.3 is 0 Å². The first-order valence-electron chi connectivity index (χ1n) is 7.17. The first-order valence-corrected chi connectivity index (χ1v) is 8.05. The van der Waals surface area contributed by atoms with Crippen molar-refractivity contribution in [2.75, 3.05) is 5.43 Å². The summed E-state index contributed by atoms with van der Waals surface area (Å²) in [4.78, 5) is 0. The van der Waals surface area contributed by atoms with Gasteiger partial charge in [0, 0.05) is 17.4 Å². The molecule has 0 aliphatic carbocycles. The molecule has 0 atom stereocenters. The molecular formula is C17H13FN4S. The number of nitrogens with zero attached hydrogens (tertiary/aromatic N) is 3. The minimum atomic E-state index is -0.243. The van der Waals surface area contributed by atoms with Crippen molar-refractivity contribution in [2.45, 2.75) is 11.6 Å². The predicted molar refractivity (Wildman–Crippen MR) is 88.9 cm³/mol. The molecule has 23 heavy (non-hydrogen) atoms. The molecule has 4 rings (SSSR count). The van der Waals surface area contributed by atoms with E-state index in [0.29, 0.717) is 6.42 Å². The SMILES string of the molecule is Fc1ccc(C2=CSc3nnc(Cc4ccccc4)n3N2)cc1. The Hall–Kier alpha value is -2.60. The highest BCUT2D eigenvalue weighted by atomic mass is 32.2. The van der Waals surface area contributed by atoms with Crippen LogP contribution in [-0.4, -0.2) is 14.9 Å². The Kier molecular flexibility index (Phi) is 3.59. The number of aromatic nitrogens is 3. The number of thioether (sulfide) groups is 1. The van der Waals surface area contributed by atoms with Crippen LogP contribution in [0.25, 0.3) is 5.70 Å². The van der Waals surface area contributed by atoms with Crippen LogP contribution < -0.4 is 5.43 Å². The summed E-state index contributed by atoms with van der Waals surface area (Å²) in [5.41, 5.74) is 6.30. The van der Waals surface area contributed by atoms with E-state index in [1.54, 1.807) is 12.1 Å². The van der Waals surface area contributed by atoms with Gasteiger partial charge in [-0.05, 0) is 29.8 Å². The van der Waals surface area contributed by atoms with E-state index in [0.717, 1.165) is 22.2 Å². The maximum atomic E-state index is 13.1. The van der Waals surface area contributed by atoms with Crippen LogP contribution in [0.4, 0.5) is 4.39 Å². The highest BCUT2D eigenvalue weighted by Gasteiger charge is 2.18. The lowest BCUT2D eigenvalue weighted by molar-refractivity contribution is 0.627. The van der Waals surface area contributed by atoms with Gasteiger partial charge in [-0.2, -0.15) is 0 Å². The van der Waals surface area contributed by atoms with Crippen molar-refractivity contribution in [3.63, 3.8) is 0 Å². The molecule has 0 saturated heterocycles. The molecule has 0 unspecified atom stereocenters. The van der Waals surface area contributed by atoms with Gasteiger partial charge in [-0.1, -0.05) is 42.1 Å². The first-order chi connectivity index (χ1) is 11.3. The van der Waals surface area contributed by atoms with Crippen LogP contribution in [0.1, 0.15) is 17.0 Å². The Morgan fingerprint density at radius 1 is 1.00 bits per heavy atom. The van der Waals surface area contributed by atoms with Crippen molar-refractivity contribution in [2.24, 2.45) is 0 Å². The molecule has 0 amide bonds. The quantitative estimate of drug-likeness (QED) is 0.798. The van der Waals surface area contributed by atoms with E-state index in [-0.39, 0.29) is 5.82 Å². The maximum Gasteiger partial charge on any atom is 0.214 e. The topological polar surface area (TPSA) is 42.7 Å². The van der Waals surface area contributed by atoms with Gasteiger partial charge in [0.2, 0.25) is 5.16 Å². The minimum Gasteiger partial charge on any atom is -0.290 e. The number of halogens is 1. The van der Waals surface area contributed by atoms with Crippen molar-refractivity contribution in [3.8, 4) is 0 Å². The second-order valence-electron chi connectivity index (χ2n) is 5.16. The lowest BCUT2D eigenvalue weighted by Crippen LogP contribution is -2.20. The van der Waals surface area contributed by atoms with Crippen molar-refractivity contribution < 1.29 is 4.39 Å². The summed E-state index contributed by atoms with van der Waals surface area (Å²) in [5.74, 6) is 0.596. The smallest absolute Gasteiger partial charge is 0.214 e. The van der Waals surface area contributed by atoms with Crippen molar-refractivity contribution in [3.05, 3.63) is 82.8 Å². The standard InChI is InChI=1S/C17H13FN4S/c18-14-8-6-13(7-9-14)15-11-23-17-20-19-16(22(17)21-15)10-12-4-2-1-3-5-12/h1-9,11,21H,10H2. The summed E-state index contributed by atoms with van der Waals surface area (Å²) < 4.78 is 15.0. The van der Waals surface area contributed by atoms with E-state index in [4.69, 9.17) is 0 Å². The number of fused-ring (bicyclic) bond motifs is 1. The number of nitrogens with one attached hydrogen (secondary N) is 1. The van der Waals surface area contributed by atoms with Crippen LogP contribution in [-0.2, 0) is 6.42 Å². The van der Waals surface area contributed by atoms with E-state index in [1.165, 1.54) is 29.5 Å². The van der Waals surface area contributed by atoms with Crippen LogP contribution in [0.2, 0.25) is 0 Å². The fourth-order valence-electron chi connectivity index (χ4n) is 2.40. The first kappa shape index (κ1) is 14.0. The molecule has 0 saturated carbocycles. The van der Waals surface area contributed by atoms with Gasteiger partial charge in [0.1, 0.15) is 5.82 Å². The summed E-state index contributed by atoms with van der Waals surface area (Å²) in [5, 5.41) is 11.2. The molecule has 0 radical (unpaired) electrons. The number of benzene rings is 2. The average molecular weight is 324 g/mol. The number of hydrogen-bond donors (Lipinski definition) is 1. The Labute approximate surface area is 137 Å². The zero-order valence-corrected chi connectivity index (χ0v) is 12.9. The Bertz CT molecular complexity index is 856. The normalized spacial score (nSPS) is 13.2. The maximum absolute atomic E-state index is 13.1. The third kappa shape index (κ3) is 2.85. The average Bonchev–Trinajstić information content (AvgIpc) is 2.99. The summed E-state index contributed by atoms with van der Waals surface area (Å²) in [6.45, 7) is 0. The largest absolute Gasteiger partial charge is 0.290 e. The second-order valence-corrected chi connectivity index (χ2v) is 6.00.